The van der Waals surface area contributed by atoms with Gasteiger partial charge in [-0.3, -0.25) is 19.9 Å². The Hall–Kier alpha value is -6.00. The number of nitrogens with zero attached hydrogens (tertiary/aromatic N) is 4. The average Bonchev–Trinajstić information content (AvgIpc) is 3.13. The lowest BCUT2D eigenvalue weighted by atomic mass is 9.67. The largest absolute Gasteiger partial charge is 0.254 e. The van der Waals surface area contributed by atoms with E-state index in [-0.39, 0.29) is 5.41 Å². The average molecular weight is 601 g/mol. The van der Waals surface area contributed by atoms with E-state index in [4.69, 9.17) is 9.97 Å². The Balaban J connectivity index is 1.12. The molecular formula is C43H28N4. The summed E-state index contributed by atoms with van der Waals surface area (Å²) < 4.78 is 0. The minimum atomic E-state index is -0.201. The molecule has 5 aromatic carbocycles. The minimum Gasteiger partial charge on any atom is -0.254 e. The normalized spacial score (nSPS) is 13.5. The summed E-state index contributed by atoms with van der Waals surface area (Å²) in [5.74, 6) is 0. The summed E-state index contributed by atoms with van der Waals surface area (Å²) in [6.07, 6.45) is 7.67. The van der Waals surface area contributed by atoms with E-state index in [0.29, 0.717) is 0 Å². The van der Waals surface area contributed by atoms with Crippen LogP contribution in [0.2, 0.25) is 0 Å². The fraction of sp³-hybridized carbons (Fsp3) is 0.0698. The summed E-state index contributed by atoms with van der Waals surface area (Å²) in [5, 5.41) is 6.98. The molecule has 0 saturated heterocycles. The van der Waals surface area contributed by atoms with Gasteiger partial charge < -0.3 is 0 Å². The topological polar surface area (TPSA) is 51.6 Å². The van der Waals surface area contributed by atoms with Gasteiger partial charge in [-0.2, -0.15) is 0 Å². The van der Waals surface area contributed by atoms with Crippen molar-refractivity contribution in [2.24, 2.45) is 0 Å². The number of benzene rings is 5. The molecule has 4 heterocycles. The van der Waals surface area contributed by atoms with Crippen molar-refractivity contribution in [2.45, 2.75) is 19.3 Å². The Morgan fingerprint density at radius 3 is 1.74 bits per heavy atom. The number of aromatic nitrogens is 4. The van der Waals surface area contributed by atoms with Crippen LogP contribution in [0, 0.1) is 0 Å². The zero-order chi connectivity index (χ0) is 31.3. The first-order valence-electron chi connectivity index (χ1n) is 16.0. The molecule has 9 aromatic rings. The predicted molar refractivity (Wildman–Crippen MR) is 194 cm³/mol. The van der Waals surface area contributed by atoms with Crippen LogP contribution in [0.3, 0.4) is 0 Å². The van der Waals surface area contributed by atoms with Gasteiger partial charge in [0.05, 0.1) is 22.1 Å². The molecule has 10 rings (SSSR count). The molecule has 0 fully saturated rings. The maximum Gasteiger partial charge on any atom is 0.0964 e. The third-order valence-electron chi connectivity index (χ3n) is 10.2. The van der Waals surface area contributed by atoms with Gasteiger partial charge in [0.15, 0.2) is 0 Å². The molecular weight excluding hydrogens is 573 g/mol. The number of rotatable bonds is 2. The second-order valence-corrected chi connectivity index (χ2v) is 13.1. The maximum atomic E-state index is 4.94. The SMILES string of the molecule is CC1(C)c2cc(-c3cnc4c(ccc5cccnc54)c3)ccc2-c2ccc(-c3cnc4c(ccc5cccnc54)c3)c3cccc1c23. The molecule has 0 unspecified atom stereocenters. The third kappa shape index (κ3) is 3.76. The van der Waals surface area contributed by atoms with Crippen LogP contribution in [-0.2, 0) is 5.41 Å². The predicted octanol–water partition coefficient (Wildman–Crippen LogP) is 10.7. The maximum absolute atomic E-state index is 4.94. The van der Waals surface area contributed by atoms with Gasteiger partial charge in [-0.1, -0.05) is 92.7 Å². The standard InChI is InChI=1S/C43H28N4/c1-43(2)36-9-3-8-34-32(31-21-29-13-11-26-7-5-19-45-40(26)42(29)47-24-31)16-17-35(38(34)36)33-15-14-27(22-37(33)43)30-20-28-12-10-25-6-4-18-44-39(25)41(28)46-23-30/h3-24H,1-2H3. The summed E-state index contributed by atoms with van der Waals surface area (Å²) in [6.45, 7) is 4.71. The third-order valence-corrected chi connectivity index (χ3v) is 10.2. The molecule has 0 aliphatic heterocycles. The first-order chi connectivity index (χ1) is 23.0. The van der Waals surface area contributed by atoms with E-state index < -0.39 is 0 Å². The molecule has 0 bridgehead atoms. The van der Waals surface area contributed by atoms with Crippen molar-refractivity contribution in [3.05, 3.63) is 145 Å². The molecule has 4 nitrogen and oxygen atoms in total. The summed E-state index contributed by atoms with van der Waals surface area (Å²) in [7, 11) is 0. The quantitative estimate of drug-likeness (QED) is 0.185. The van der Waals surface area contributed by atoms with Gasteiger partial charge in [-0.05, 0) is 74.5 Å². The monoisotopic (exact) mass is 600 g/mol. The van der Waals surface area contributed by atoms with E-state index in [2.05, 4.69) is 121 Å². The van der Waals surface area contributed by atoms with E-state index in [0.717, 1.165) is 54.7 Å². The highest BCUT2D eigenvalue weighted by molar-refractivity contribution is 6.11. The van der Waals surface area contributed by atoms with E-state index in [1.54, 1.807) is 0 Å². The second-order valence-electron chi connectivity index (χ2n) is 13.1. The molecule has 1 aliphatic rings. The summed E-state index contributed by atoms with van der Waals surface area (Å²) in [6, 6.07) is 39.4. The van der Waals surface area contributed by atoms with Crippen molar-refractivity contribution < 1.29 is 0 Å². The first kappa shape index (κ1) is 26.2. The molecule has 0 spiro atoms. The Kier molecular flexibility index (Phi) is 5.31. The molecule has 0 N–H and O–H groups in total. The van der Waals surface area contributed by atoms with E-state index in [1.165, 1.54) is 44.2 Å². The van der Waals surface area contributed by atoms with Gasteiger partial charge in [0.25, 0.3) is 0 Å². The van der Waals surface area contributed by atoms with Crippen molar-refractivity contribution in [3.8, 4) is 33.4 Å². The molecule has 220 valence electrons. The van der Waals surface area contributed by atoms with Gasteiger partial charge in [0.2, 0.25) is 0 Å². The van der Waals surface area contributed by atoms with E-state index in [1.807, 2.05) is 36.9 Å². The summed E-state index contributed by atoms with van der Waals surface area (Å²) in [5.41, 5.74) is 13.4. The first-order valence-corrected chi connectivity index (χ1v) is 16.0. The molecule has 0 atom stereocenters. The minimum absolute atomic E-state index is 0.201. The lowest BCUT2D eigenvalue weighted by molar-refractivity contribution is 0.645. The second kappa shape index (κ2) is 9.51. The Labute approximate surface area is 271 Å². The highest BCUT2D eigenvalue weighted by Crippen LogP contribution is 2.51. The Morgan fingerprint density at radius 1 is 0.426 bits per heavy atom. The number of hydrogen-bond acceptors (Lipinski definition) is 4. The highest BCUT2D eigenvalue weighted by Gasteiger charge is 2.34. The molecule has 0 amide bonds. The lowest BCUT2D eigenvalue weighted by Crippen LogP contribution is -2.23. The van der Waals surface area contributed by atoms with Gasteiger partial charge in [0.1, 0.15) is 0 Å². The zero-order valence-corrected chi connectivity index (χ0v) is 26.0. The molecule has 4 aromatic heterocycles. The molecule has 4 heteroatoms. The van der Waals surface area contributed by atoms with E-state index in [9.17, 15) is 0 Å². The van der Waals surface area contributed by atoms with Crippen LogP contribution >= 0.6 is 0 Å². The zero-order valence-electron chi connectivity index (χ0n) is 26.0. The van der Waals surface area contributed by atoms with Crippen LogP contribution in [0.15, 0.2) is 134 Å². The van der Waals surface area contributed by atoms with Gasteiger partial charge in [-0.25, -0.2) is 0 Å². The number of pyridine rings is 4. The molecule has 0 radical (unpaired) electrons. The van der Waals surface area contributed by atoms with Crippen molar-refractivity contribution in [1.29, 1.82) is 0 Å². The number of fused-ring (bicyclic) bond motifs is 8. The van der Waals surface area contributed by atoms with Gasteiger partial charge in [0, 0.05) is 62.9 Å². The van der Waals surface area contributed by atoms with Crippen molar-refractivity contribution in [3.63, 3.8) is 0 Å². The molecule has 47 heavy (non-hydrogen) atoms. The van der Waals surface area contributed by atoms with Crippen LogP contribution in [0.1, 0.15) is 25.0 Å². The molecule has 1 aliphatic carbocycles. The van der Waals surface area contributed by atoms with Crippen LogP contribution in [0.4, 0.5) is 0 Å². The number of hydrogen-bond donors (Lipinski definition) is 0. The highest BCUT2D eigenvalue weighted by atomic mass is 14.7. The summed E-state index contributed by atoms with van der Waals surface area (Å²) >= 11 is 0. The Morgan fingerprint density at radius 2 is 1.02 bits per heavy atom. The van der Waals surface area contributed by atoms with Crippen LogP contribution < -0.4 is 0 Å². The smallest absolute Gasteiger partial charge is 0.0964 e. The van der Waals surface area contributed by atoms with Crippen LogP contribution in [-0.4, -0.2) is 19.9 Å². The van der Waals surface area contributed by atoms with Crippen LogP contribution in [0.25, 0.3) is 87.8 Å². The lowest BCUT2D eigenvalue weighted by Gasteiger charge is -2.36. The van der Waals surface area contributed by atoms with Crippen LogP contribution in [0.5, 0.6) is 0 Å². The Bertz CT molecular complexity index is 2780. The fourth-order valence-corrected chi connectivity index (χ4v) is 7.80. The fourth-order valence-electron chi connectivity index (χ4n) is 7.80. The summed E-state index contributed by atoms with van der Waals surface area (Å²) in [4.78, 5) is 19.1. The van der Waals surface area contributed by atoms with Crippen molar-refractivity contribution in [2.75, 3.05) is 0 Å². The van der Waals surface area contributed by atoms with E-state index >= 15 is 0 Å². The van der Waals surface area contributed by atoms with Gasteiger partial charge >= 0.3 is 0 Å². The van der Waals surface area contributed by atoms with Crippen molar-refractivity contribution in [1.82, 2.24) is 19.9 Å². The van der Waals surface area contributed by atoms with Crippen molar-refractivity contribution >= 4 is 54.4 Å². The van der Waals surface area contributed by atoms with Gasteiger partial charge in [-0.15, -0.1) is 0 Å². The molecule has 0 saturated carbocycles.